The van der Waals surface area contributed by atoms with Crippen LogP contribution in [0.3, 0.4) is 0 Å². The molecule has 4 N–H and O–H groups in total. The number of phenolic OH excluding ortho intramolecular Hbond substituents is 1. The second-order valence-electron chi connectivity index (χ2n) is 6.98. The van der Waals surface area contributed by atoms with Crippen LogP contribution < -0.4 is 11.1 Å². The first kappa shape index (κ1) is 20.8. The molecule has 1 fully saturated rings. The van der Waals surface area contributed by atoms with Crippen LogP contribution in [0.1, 0.15) is 24.1 Å². The van der Waals surface area contributed by atoms with Crippen molar-refractivity contribution in [3.63, 3.8) is 0 Å². The maximum atomic E-state index is 12.8. The summed E-state index contributed by atoms with van der Waals surface area (Å²) in [5.74, 6) is -0.669. The Morgan fingerprint density at radius 3 is 2.76 bits per heavy atom. The number of rotatable bonds is 5. The SMILES string of the molecule is Cc1nc(N[C@@H]2CCCN(CC(N)=O)C2)nnc1-c1ccc(C(F)(F)F)cc1O. The van der Waals surface area contributed by atoms with E-state index in [1.807, 2.05) is 4.90 Å². The number of nitrogens with zero attached hydrogens (tertiary/aromatic N) is 4. The Balaban J connectivity index is 1.75. The van der Waals surface area contributed by atoms with Crippen LogP contribution in [0.15, 0.2) is 18.2 Å². The highest BCUT2D eigenvalue weighted by atomic mass is 19.4. The molecule has 0 spiro atoms. The number of aromatic hydroxyl groups is 1. The molecule has 0 bridgehead atoms. The van der Waals surface area contributed by atoms with E-state index in [9.17, 15) is 23.1 Å². The minimum absolute atomic E-state index is 0.00891. The molecule has 2 aromatic rings. The molecule has 2 heterocycles. The molecule has 3 rings (SSSR count). The molecule has 8 nitrogen and oxygen atoms in total. The average molecular weight is 410 g/mol. The Morgan fingerprint density at radius 1 is 1.38 bits per heavy atom. The molecule has 11 heteroatoms. The monoisotopic (exact) mass is 410 g/mol. The van der Waals surface area contributed by atoms with Crippen molar-refractivity contribution in [1.82, 2.24) is 20.1 Å². The van der Waals surface area contributed by atoms with E-state index in [0.29, 0.717) is 18.3 Å². The van der Waals surface area contributed by atoms with Crippen LogP contribution in [0.25, 0.3) is 11.3 Å². The van der Waals surface area contributed by atoms with Crippen LogP contribution >= 0.6 is 0 Å². The Labute approximate surface area is 164 Å². The molecule has 156 valence electrons. The molecule has 1 aromatic carbocycles. The summed E-state index contributed by atoms with van der Waals surface area (Å²) in [5, 5.41) is 21.2. The number of amides is 1. The number of anilines is 1. The Kier molecular flexibility index (Phi) is 5.87. The van der Waals surface area contributed by atoms with Crippen molar-refractivity contribution in [2.24, 2.45) is 5.73 Å². The van der Waals surface area contributed by atoms with E-state index in [1.54, 1.807) is 6.92 Å². The van der Waals surface area contributed by atoms with Gasteiger partial charge in [0, 0.05) is 18.2 Å². The van der Waals surface area contributed by atoms with Crippen LogP contribution in [-0.2, 0) is 11.0 Å². The molecule has 0 aliphatic carbocycles. The molecule has 0 saturated carbocycles. The number of hydrogen-bond acceptors (Lipinski definition) is 7. The lowest BCUT2D eigenvalue weighted by Crippen LogP contribution is -2.45. The van der Waals surface area contributed by atoms with Crippen molar-refractivity contribution in [3.05, 3.63) is 29.5 Å². The van der Waals surface area contributed by atoms with Crippen molar-refractivity contribution < 1.29 is 23.1 Å². The highest BCUT2D eigenvalue weighted by Gasteiger charge is 2.31. The van der Waals surface area contributed by atoms with E-state index < -0.39 is 17.5 Å². The fraction of sp³-hybridized carbons (Fsp3) is 0.444. The molecule has 1 amide bonds. The van der Waals surface area contributed by atoms with Gasteiger partial charge in [0.1, 0.15) is 11.4 Å². The zero-order valence-corrected chi connectivity index (χ0v) is 15.7. The van der Waals surface area contributed by atoms with Gasteiger partial charge in [-0.25, -0.2) is 4.98 Å². The summed E-state index contributed by atoms with van der Waals surface area (Å²) >= 11 is 0. The number of primary amides is 1. The van der Waals surface area contributed by atoms with Crippen molar-refractivity contribution in [3.8, 4) is 17.0 Å². The van der Waals surface area contributed by atoms with E-state index in [-0.39, 0.29) is 35.7 Å². The molecule has 0 radical (unpaired) electrons. The minimum atomic E-state index is -4.55. The van der Waals surface area contributed by atoms with Gasteiger partial charge in [-0.1, -0.05) is 0 Å². The minimum Gasteiger partial charge on any atom is -0.507 e. The summed E-state index contributed by atoms with van der Waals surface area (Å²) in [6.45, 7) is 3.20. The second-order valence-corrected chi connectivity index (χ2v) is 6.98. The summed E-state index contributed by atoms with van der Waals surface area (Å²) in [6, 6.07) is 2.68. The van der Waals surface area contributed by atoms with E-state index in [4.69, 9.17) is 5.73 Å². The van der Waals surface area contributed by atoms with Gasteiger partial charge in [-0.15, -0.1) is 10.2 Å². The first-order chi connectivity index (χ1) is 13.6. The second kappa shape index (κ2) is 8.19. The normalized spacial score (nSPS) is 17.9. The van der Waals surface area contributed by atoms with Gasteiger partial charge in [0.25, 0.3) is 0 Å². The lowest BCUT2D eigenvalue weighted by molar-refractivity contribution is -0.137. The van der Waals surface area contributed by atoms with Crippen LogP contribution in [0.2, 0.25) is 0 Å². The number of nitrogens with one attached hydrogen (secondary N) is 1. The van der Waals surface area contributed by atoms with E-state index in [2.05, 4.69) is 20.5 Å². The molecular formula is C18H21F3N6O2. The third kappa shape index (κ3) is 5.11. The summed E-state index contributed by atoms with van der Waals surface area (Å²) in [4.78, 5) is 17.4. The van der Waals surface area contributed by atoms with Crippen molar-refractivity contribution in [1.29, 1.82) is 0 Å². The van der Waals surface area contributed by atoms with Crippen molar-refractivity contribution in [2.45, 2.75) is 32.0 Å². The Bertz CT molecular complexity index is 906. The summed E-state index contributed by atoms with van der Waals surface area (Å²) in [6.07, 6.45) is -2.81. The maximum Gasteiger partial charge on any atom is 0.416 e. The molecule has 29 heavy (non-hydrogen) atoms. The number of halogens is 3. The first-order valence-electron chi connectivity index (χ1n) is 9.02. The predicted molar refractivity (Wildman–Crippen MR) is 98.9 cm³/mol. The van der Waals surface area contributed by atoms with E-state index >= 15 is 0 Å². The summed E-state index contributed by atoms with van der Waals surface area (Å²) in [7, 11) is 0. The smallest absolute Gasteiger partial charge is 0.416 e. The number of likely N-dealkylation sites (tertiary alicyclic amines) is 1. The van der Waals surface area contributed by atoms with Gasteiger partial charge >= 0.3 is 6.18 Å². The standard InChI is InChI=1S/C18H21F3N6O2/c1-10-16(13-5-4-11(7-14(13)28)18(19,20)21)25-26-17(23-10)24-12-3-2-6-27(8-12)9-15(22)29/h4-5,7,12,28H,2-3,6,8-9H2,1H3,(H2,22,29)(H,23,24,26)/t12-/m1/s1. The Hall–Kier alpha value is -2.95. The number of nitrogens with two attached hydrogens (primary N) is 1. The van der Waals surface area contributed by atoms with Crippen LogP contribution in [0, 0.1) is 6.92 Å². The molecule has 1 aliphatic rings. The largest absolute Gasteiger partial charge is 0.507 e. The zero-order chi connectivity index (χ0) is 21.2. The number of carbonyl (C=O) groups excluding carboxylic acids is 1. The Morgan fingerprint density at radius 2 is 2.14 bits per heavy atom. The van der Waals surface area contributed by atoms with Gasteiger partial charge < -0.3 is 16.2 Å². The molecule has 1 saturated heterocycles. The van der Waals surface area contributed by atoms with Gasteiger partial charge in [-0.05, 0) is 44.5 Å². The van der Waals surface area contributed by atoms with Gasteiger partial charge in [0.15, 0.2) is 0 Å². The first-order valence-corrected chi connectivity index (χ1v) is 9.02. The van der Waals surface area contributed by atoms with Gasteiger partial charge in [-0.3, -0.25) is 9.69 Å². The topological polar surface area (TPSA) is 117 Å². The molecular weight excluding hydrogens is 389 g/mol. The van der Waals surface area contributed by atoms with Gasteiger partial charge in [0.2, 0.25) is 11.9 Å². The fourth-order valence-electron chi connectivity index (χ4n) is 3.34. The number of piperidine rings is 1. The number of phenols is 1. The summed E-state index contributed by atoms with van der Waals surface area (Å²) in [5.41, 5.74) is 5.01. The highest BCUT2D eigenvalue weighted by Crippen LogP contribution is 2.36. The highest BCUT2D eigenvalue weighted by molar-refractivity contribution is 5.76. The number of benzene rings is 1. The van der Waals surface area contributed by atoms with E-state index in [0.717, 1.165) is 31.5 Å². The van der Waals surface area contributed by atoms with Crippen molar-refractivity contribution >= 4 is 11.9 Å². The lowest BCUT2D eigenvalue weighted by Gasteiger charge is -2.32. The van der Waals surface area contributed by atoms with Crippen LogP contribution in [-0.4, -0.2) is 56.8 Å². The number of aromatic nitrogens is 3. The predicted octanol–water partition coefficient (Wildman–Crippen LogP) is 1.93. The number of aryl methyl sites for hydroxylation is 1. The molecule has 1 atom stereocenters. The number of carbonyl (C=O) groups is 1. The molecule has 1 aromatic heterocycles. The lowest BCUT2D eigenvalue weighted by atomic mass is 10.1. The quantitative estimate of drug-likeness (QED) is 0.689. The average Bonchev–Trinajstić information content (AvgIpc) is 2.61. The third-order valence-corrected chi connectivity index (χ3v) is 4.66. The zero-order valence-electron chi connectivity index (χ0n) is 15.7. The summed E-state index contributed by atoms with van der Waals surface area (Å²) < 4.78 is 38.3. The maximum absolute atomic E-state index is 12.8. The van der Waals surface area contributed by atoms with Gasteiger partial charge in [0.05, 0.1) is 17.8 Å². The van der Waals surface area contributed by atoms with Crippen LogP contribution in [0.5, 0.6) is 5.75 Å². The number of alkyl halides is 3. The number of hydrogen-bond donors (Lipinski definition) is 3. The molecule has 1 aliphatic heterocycles. The van der Waals surface area contributed by atoms with Gasteiger partial charge in [-0.2, -0.15) is 13.2 Å². The van der Waals surface area contributed by atoms with Crippen LogP contribution in [0.4, 0.5) is 19.1 Å². The third-order valence-electron chi connectivity index (χ3n) is 4.66. The van der Waals surface area contributed by atoms with E-state index in [1.165, 1.54) is 0 Å². The molecule has 0 unspecified atom stereocenters. The fourth-order valence-corrected chi connectivity index (χ4v) is 3.34. The van der Waals surface area contributed by atoms with Crippen molar-refractivity contribution in [2.75, 3.05) is 25.0 Å².